The molecule has 22 nitrogen and oxygen atoms in total. The van der Waals surface area contributed by atoms with Gasteiger partial charge in [-0.2, -0.15) is 0 Å². The number of rotatable bonds is 15. The Morgan fingerprint density at radius 2 is 1.32 bits per heavy atom. The third-order valence-electron chi connectivity index (χ3n) is 13.6. The minimum atomic E-state index is -1.92. The van der Waals surface area contributed by atoms with Gasteiger partial charge < -0.3 is 93.0 Å². The molecule has 7 rings (SSSR count). The van der Waals surface area contributed by atoms with Crippen LogP contribution in [0.4, 0.5) is 0 Å². The molecule has 8 N–H and O–H groups in total. The molecule has 0 saturated carbocycles. The van der Waals surface area contributed by atoms with Crippen molar-refractivity contribution in [1.82, 2.24) is 0 Å². The zero-order valence-electron chi connectivity index (χ0n) is 39.7. The summed E-state index contributed by atoms with van der Waals surface area (Å²) in [6.45, 7) is 8.97. The number of methoxy groups -OCH3 is 2. The van der Waals surface area contributed by atoms with Crippen molar-refractivity contribution in [1.29, 1.82) is 0 Å². The maximum Gasteiger partial charge on any atom is 0.303 e. The van der Waals surface area contributed by atoms with E-state index in [1.165, 1.54) is 53.2 Å². The minimum Gasteiger partial charge on any atom is -0.507 e. The fourth-order valence-electron chi connectivity index (χ4n) is 10.2. The van der Waals surface area contributed by atoms with Crippen LogP contribution in [0.3, 0.4) is 0 Å². The van der Waals surface area contributed by atoms with Crippen LogP contribution >= 0.6 is 0 Å². The molecule has 386 valence electrons. The van der Waals surface area contributed by atoms with Crippen molar-refractivity contribution in [3.05, 3.63) is 29.3 Å². The Kier molecular flexibility index (Phi) is 16.9. The van der Waals surface area contributed by atoms with Gasteiger partial charge in [-0.05, 0) is 64.1 Å². The standard InChI is InChI=1S/C47H66O22/c1-17(48)38(53)43(58)46(60-8)26-11-24-9-23-10-25(66-34-16-31(65-22(6)49)45(21(5)64-34)68-33-14-29(52)44(59-7)20(4)63-33)12-27(50)36(23)41(56)37(24)42(57)47(26)69-35-15-30(40(55)19(3)62-35)67-32-13-28(51)39(54)18(2)61-32/h9-10,12,17-21,26,28-35,38-40,44-48,50-56H,11,13-16H2,1-8H3/t17-,18?,19?,20?,21?,26?,28?,29?,30?,31?,32?,33?,34?,35?,38+,39?,40?,44?,45?,46?,47?/m0/s1. The van der Waals surface area contributed by atoms with Crippen molar-refractivity contribution < 1.29 is 107 Å². The predicted molar refractivity (Wildman–Crippen MR) is 234 cm³/mol. The fourth-order valence-corrected chi connectivity index (χ4v) is 10.2. The summed E-state index contributed by atoms with van der Waals surface area (Å²) in [5.41, 5.74) is -0.0495. The molecule has 4 aliphatic heterocycles. The molecular formula is C47H66O22. The maximum absolute atomic E-state index is 14.8. The van der Waals surface area contributed by atoms with Crippen LogP contribution in [0.1, 0.15) is 83.1 Å². The van der Waals surface area contributed by atoms with Gasteiger partial charge in [0.05, 0.1) is 59.8 Å². The predicted octanol–water partition coefficient (Wildman–Crippen LogP) is 0.396. The lowest BCUT2D eigenvalue weighted by Crippen LogP contribution is -2.56. The molecular weight excluding hydrogens is 916 g/mol. The molecule has 1 aliphatic carbocycles. The third-order valence-corrected chi connectivity index (χ3v) is 13.6. The topological polar surface area (TPSA) is 315 Å². The first kappa shape index (κ1) is 53.1. The summed E-state index contributed by atoms with van der Waals surface area (Å²) in [4.78, 5) is 40.8. The van der Waals surface area contributed by atoms with E-state index < -0.39 is 158 Å². The van der Waals surface area contributed by atoms with E-state index in [1.807, 2.05) is 0 Å². The van der Waals surface area contributed by atoms with Crippen molar-refractivity contribution in [3.63, 3.8) is 0 Å². The second-order valence-electron chi connectivity index (χ2n) is 18.7. The van der Waals surface area contributed by atoms with Crippen LogP contribution in [0.2, 0.25) is 0 Å². The number of phenolic OH excluding ortho intramolecular Hbond substituents is 2. The highest BCUT2D eigenvalue weighted by atomic mass is 16.7. The number of phenols is 2. The van der Waals surface area contributed by atoms with E-state index in [0.29, 0.717) is 0 Å². The molecule has 0 bridgehead atoms. The zero-order chi connectivity index (χ0) is 50.3. The Bertz CT molecular complexity index is 2110. The summed E-state index contributed by atoms with van der Waals surface area (Å²) in [5.74, 6) is -4.67. The first-order valence-corrected chi connectivity index (χ1v) is 23.3. The van der Waals surface area contributed by atoms with Crippen LogP contribution in [0.25, 0.3) is 10.8 Å². The second kappa shape index (κ2) is 22.0. The average Bonchev–Trinajstić information content (AvgIpc) is 3.26. The lowest BCUT2D eigenvalue weighted by atomic mass is 9.75. The number of benzene rings is 2. The van der Waals surface area contributed by atoms with Gasteiger partial charge in [0.15, 0.2) is 30.4 Å². The molecule has 22 heteroatoms. The van der Waals surface area contributed by atoms with Gasteiger partial charge in [-0.15, -0.1) is 0 Å². The minimum absolute atomic E-state index is 0.0349. The highest BCUT2D eigenvalue weighted by Crippen LogP contribution is 2.46. The number of carbonyl (C=O) groups excluding carboxylic acids is 3. The van der Waals surface area contributed by atoms with Gasteiger partial charge in [0.1, 0.15) is 66.1 Å². The van der Waals surface area contributed by atoms with Gasteiger partial charge in [-0.3, -0.25) is 14.4 Å². The third kappa shape index (κ3) is 11.4. The van der Waals surface area contributed by atoms with Gasteiger partial charge in [0.2, 0.25) is 6.29 Å². The van der Waals surface area contributed by atoms with Crippen LogP contribution in [0.15, 0.2) is 18.2 Å². The smallest absolute Gasteiger partial charge is 0.303 e. The summed E-state index contributed by atoms with van der Waals surface area (Å²) in [6.07, 6.45) is -22.1. The Labute approximate surface area is 398 Å². The quantitative estimate of drug-likeness (QED) is 0.112. The van der Waals surface area contributed by atoms with Gasteiger partial charge in [-0.1, -0.05) is 0 Å². The number of fused-ring (bicyclic) bond motifs is 2. The molecule has 5 aliphatic rings. The fraction of sp³-hybridized carbons (Fsp3) is 0.723. The Morgan fingerprint density at radius 1 is 0.725 bits per heavy atom. The van der Waals surface area contributed by atoms with Crippen LogP contribution in [-0.2, 0) is 63.4 Å². The lowest BCUT2D eigenvalue weighted by molar-refractivity contribution is -0.311. The van der Waals surface area contributed by atoms with Gasteiger partial charge >= 0.3 is 5.97 Å². The van der Waals surface area contributed by atoms with E-state index in [1.54, 1.807) is 20.8 Å². The molecule has 21 atom stereocenters. The monoisotopic (exact) mass is 982 g/mol. The summed E-state index contributed by atoms with van der Waals surface area (Å²) in [5, 5.41) is 86.6. The molecule has 69 heavy (non-hydrogen) atoms. The summed E-state index contributed by atoms with van der Waals surface area (Å²) in [6, 6.07) is 4.20. The van der Waals surface area contributed by atoms with Crippen LogP contribution < -0.4 is 4.74 Å². The molecule has 4 heterocycles. The number of carbonyl (C=O) groups is 3. The second-order valence-corrected chi connectivity index (χ2v) is 18.7. The van der Waals surface area contributed by atoms with E-state index >= 15 is 0 Å². The van der Waals surface area contributed by atoms with Crippen LogP contribution in [0, 0.1) is 5.92 Å². The number of Topliss-reactive ketones (excluding diaryl/α,β-unsaturated/α-hetero) is 2. The molecule has 2 aromatic rings. The number of ether oxygens (including phenoxy) is 11. The zero-order valence-corrected chi connectivity index (χ0v) is 39.7. The van der Waals surface area contributed by atoms with E-state index in [-0.39, 0.29) is 59.8 Å². The van der Waals surface area contributed by atoms with E-state index in [4.69, 9.17) is 52.1 Å². The van der Waals surface area contributed by atoms with Crippen LogP contribution in [-0.4, -0.2) is 195 Å². The molecule has 19 unspecified atom stereocenters. The molecule has 2 aromatic carbocycles. The number of ketones is 2. The van der Waals surface area contributed by atoms with Crippen molar-refractivity contribution in [2.45, 2.75) is 196 Å². The number of hydrogen-bond acceptors (Lipinski definition) is 22. The number of esters is 1. The molecule has 0 aromatic heterocycles. The van der Waals surface area contributed by atoms with Gasteiger partial charge in [0.25, 0.3) is 0 Å². The summed E-state index contributed by atoms with van der Waals surface area (Å²) < 4.78 is 65.3. The molecule has 0 spiro atoms. The highest BCUT2D eigenvalue weighted by molar-refractivity contribution is 6.11. The number of aromatic hydroxyl groups is 2. The van der Waals surface area contributed by atoms with Crippen LogP contribution in [0.5, 0.6) is 17.2 Å². The Hall–Kier alpha value is -3.69. The van der Waals surface area contributed by atoms with Crippen molar-refractivity contribution in [2.75, 3.05) is 14.2 Å². The first-order valence-electron chi connectivity index (χ1n) is 23.3. The Morgan fingerprint density at radius 3 is 1.94 bits per heavy atom. The number of aliphatic hydroxyl groups excluding tert-OH is 6. The van der Waals surface area contributed by atoms with E-state index in [9.17, 15) is 55.2 Å². The largest absolute Gasteiger partial charge is 0.507 e. The van der Waals surface area contributed by atoms with Crippen molar-refractivity contribution in [2.24, 2.45) is 5.92 Å². The molecule has 0 radical (unpaired) electrons. The van der Waals surface area contributed by atoms with Crippen molar-refractivity contribution in [3.8, 4) is 17.2 Å². The van der Waals surface area contributed by atoms with E-state index in [2.05, 4.69) is 0 Å². The summed E-state index contributed by atoms with van der Waals surface area (Å²) >= 11 is 0. The SMILES string of the molecule is COC(C(=O)[C@H](O)[C@H](C)O)C1Cc2cc3cc(OC4CC(OC(C)=O)C(OC5CC(O)C(OC)C(C)O5)C(C)O4)cc(O)c3c(O)c2C(=O)C1OC1CC(OC2CC(O)C(O)C(C)O2)C(O)C(C)O1. The maximum atomic E-state index is 14.8. The molecule has 0 amide bonds. The lowest BCUT2D eigenvalue weighted by Gasteiger charge is -2.43. The van der Waals surface area contributed by atoms with Gasteiger partial charge in [0, 0.05) is 58.8 Å². The van der Waals surface area contributed by atoms with Crippen molar-refractivity contribution >= 4 is 28.3 Å². The number of hydrogen-bond donors (Lipinski definition) is 8. The summed E-state index contributed by atoms with van der Waals surface area (Å²) in [7, 11) is 2.66. The van der Waals surface area contributed by atoms with Gasteiger partial charge in [-0.25, -0.2) is 0 Å². The normalized spacial score (nSPS) is 38.7. The number of aliphatic hydroxyl groups is 6. The molecule has 4 fully saturated rings. The first-order chi connectivity index (χ1) is 32.6. The Balaban J connectivity index is 1.15. The molecule has 4 saturated heterocycles. The van der Waals surface area contributed by atoms with E-state index in [0.717, 1.165) is 0 Å². The average molecular weight is 983 g/mol. The highest BCUT2D eigenvalue weighted by Gasteiger charge is 2.50.